The number of amides is 1. The monoisotopic (exact) mass is 254 g/mol. The second-order valence-electron chi connectivity index (χ2n) is 4.94. The summed E-state index contributed by atoms with van der Waals surface area (Å²) in [4.78, 5) is 13.4. The summed E-state index contributed by atoms with van der Waals surface area (Å²) in [5.41, 5.74) is 5.88. The van der Waals surface area contributed by atoms with Crippen LogP contribution in [0.15, 0.2) is 11.6 Å². The molecule has 0 aliphatic heterocycles. The summed E-state index contributed by atoms with van der Waals surface area (Å²) in [6.07, 6.45) is 9.08. The van der Waals surface area contributed by atoms with E-state index in [-0.39, 0.29) is 5.91 Å². The molecule has 0 radical (unpaired) electrons. The molecular formula is C15H30N2O. The lowest BCUT2D eigenvalue weighted by atomic mass is 10.2. The molecule has 2 N–H and O–H groups in total. The van der Waals surface area contributed by atoms with E-state index in [1.807, 2.05) is 6.08 Å². The standard InChI is InChI=1S/C15H30N2O/c1-4-6-11-17(12-7-5-2)13-9-8-10-14(3)15(16)18/h10H,4-9,11-13H2,1-3H3,(H2,16,18). The second-order valence-corrected chi connectivity index (χ2v) is 4.94. The Morgan fingerprint density at radius 3 is 2.00 bits per heavy atom. The van der Waals surface area contributed by atoms with Crippen molar-refractivity contribution in [3.63, 3.8) is 0 Å². The van der Waals surface area contributed by atoms with E-state index in [9.17, 15) is 4.79 Å². The number of allylic oxidation sites excluding steroid dienone is 1. The molecule has 0 aliphatic rings. The SMILES string of the molecule is CCCCN(CCCC)CCCC=C(C)C(N)=O. The molecule has 0 aromatic heterocycles. The van der Waals surface area contributed by atoms with Crippen LogP contribution in [0.5, 0.6) is 0 Å². The van der Waals surface area contributed by atoms with E-state index in [0.717, 1.165) is 19.4 Å². The van der Waals surface area contributed by atoms with Gasteiger partial charge >= 0.3 is 0 Å². The molecular weight excluding hydrogens is 224 g/mol. The third-order valence-electron chi connectivity index (χ3n) is 3.17. The Kier molecular flexibility index (Phi) is 10.8. The molecule has 18 heavy (non-hydrogen) atoms. The van der Waals surface area contributed by atoms with Crippen LogP contribution in [0.25, 0.3) is 0 Å². The molecule has 0 heterocycles. The van der Waals surface area contributed by atoms with Gasteiger partial charge in [-0.2, -0.15) is 0 Å². The van der Waals surface area contributed by atoms with Crippen molar-refractivity contribution in [2.75, 3.05) is 19.6 Å². The molecule has 0 saturated carbocycles. The van der Waals surface area contributed by atoms with E-state index in [1.54, 1.807) is 6.92 Å². The van der Waals surface area contributed by atoms with E-state index in [2.05, 4.69) is 18.7 Å². The summed E-state index contributed by atoms with van der Waals surface area (Å²) >= 11 is 0. The van der Waals surface area contributed by atoms with Crippen molar-refractivity contribution in [1.82, 2.24) is 4.90 Å². The first-order valence-corrected chi connectivity index (χ1v) is 7.30. The Bertz CT molecular complexity index is 241. The van der Waals surface area contributed by atoms with Crippen LogP contribution in [0.3, 0.4) is 0 Å². The smallest absolute Gasteiger partial charge is 0.244 e. The lowest BCUT2D eigenvalue weighted by molar-refractivity contribution is -0.114. The Balaban J connectivity index is 3.87. The van der Waals surface area contributed by atoms with Crippen molar-refractivity contribution in [3.05, 3.63) is 11.6 Å². The highest BCUT2D eigenvalue weighted by Crippen LogP contribution is 2.04. The molecule has 0 unspecified atom stereocenters. The summed E-state index contributed by atoms with van der Waals surface area (Å²) < 4.78 is 0. The molecule has 106 valence electrons. The maximum absolute atomic E-state index is 10.9. The van der Waals surface area contributed by atoms with Crippen molar-refractivity contribution in [2.24, 2.45) is 5.73 Å². The summed E-state index contributed by atoms with van der Waals surface area (Å²) in [7, 11) is 0. The van der Waals surface area contributed by atoms with Gasteiger partial charge in [-0.05, 0) is 52.2 Å². The summed E-state index contributed by atoms with van der Waals surface area (Å²) in [6.45, 7) is 9.79. The van der Waals surface area contributed by atoms with Gasteiger partial charge < -0.3 is 10.6 Å². The molecule has 0 saturated heterocycles. The first kappa shape index (κ1) is 17.2. The van der Waals surface area contributed by atoms with Crippen LogP contribution in [0.2, 0.25) is 0 Å². The number of hydrogen-bond acceptors (Lipinski definition) is 2. The molecule has 0 spiro atoms. The molecule has 3 heteroatoms. The van der Waals surface area contributed by atoms with Crippen molar-refractivity contribution in [1.29, 1.82) is 0 Å². The van der Waals surface area contributed by atoms with Gasteiger partial charge in [-0.3, -0.25) is 4.79 Å². The summed E-state index contributed by atoms with van der Waals surface area (Å²) in [5.74, 6) is -0.302. The predicted molar refractivity (Wildman–Crippen MR) is 78.4 cm³/mol. The summed E-state index contributed by atoms with van der Waals surface area (Å²) in [6, 6.07) is 0. The second kappa shape index (κ2) is 11.3. The minimum absolute atomic E-state index is 0.302. The Hall–Kier alpha value is -0.830. The number of carbonyl (C=O) groups is 1. The van der Waals surface area contributed by atoms with Crippen LogP contribution in [-0.4, -0.2) is 30.4 Å². The zero-order valence-corrected chi connectivity index (χ0v) is 12.4. The summed E-state index contributed by atoms with van der Waals surface area (Å²) in [5, 5.41) is 0. The van der Waals surface area contributed by atoms with Gasteiger partial charge in [0.1, 0.15) is 0 Å². The normalized spacial score (nSPS) is 12.1. The minimum Gasteiger partial charge on any atom is -0.366 e. The van der Waals surface area contributed by atoms with E-state index in [4.69, 9.17) is 5.73 Å². The minimum atomic E-state index is -0.302. The molecule has 1 amide bonds. The zero-order chi connectivity index (χ0) is 13.8. The van der Waals surface area contributed by atoms with Gasteiger partial charge in [0.2, 0.25) is 5.91 Å². The molecule has 0 aliphatic carbocycles. The average Bonchev–Trinajstić information content (AvgIpc) is 2.36. The van der Waals surface area contributed by atoms with Crippen LogP contribution in [0, 0.1) is 0 Å². The topological polar surface area (TPSA) is 46.3 Å². The molecule has 0 aromatic carbocycles. The fourth-order valence-electron chi connectivity index (χ4n) is 1.83. The van der Waals surface area contributed by atoms with Crippen LogP contribution >= 0.6 is 0 Å². The van der Waals surface area contributed by atoms with Crippen molar-refractivity contribution < 1.29 is 4.79 Å². The lowest BCUT2D eigenvalue weighted by Gasteiger charge is -2.21. The first-order valence-electron chi connectivity index (χ1n) is 7.30. The zero-order valence-electron chi connectivity index (χ0n) is 12.4. The average molecular weight is 254 g/mol. The Morgan fingerprint density at radius 2 is 1.56 bits per heavy atom. The van der Waals surface area contributed by atoms with Gasteiger partial charge in [-0.25, -0.2) is 0 Å². The Labute approximate surface area is 112 Å². The molecule has 0 bridgehead atoms. The number of nitrogens with two attached hydrogens (primary N) is 1. The number of unbranched alkanes of at least 4 members (excludes halogenated alkanes) is 3. The maximum atomic E-state index is 10.9. The van der Waals surface area contributed by atoms with Gasteiger partial charge in [-0.15, -0.1) is 0 Å². The number of rotatable bonds is 11. The van der Waals surface area contributed by atoms with Crippen LogP contribution in [-0.2, 0) is 4.79 Å². The van der Waals surface area contributed by atoms with E-state index in [1.165, 1.54) is 38.8 Å². The largest absolute Gasteiger partial charge is 0.366 e. The number of hydrogen-bond donors (Lipinski definition) is 1. The molecule has 0 fully saturated rings. The highest BCUT2D eigenvalue weighted by molar-refractivity contribution is 5.91. The highest BCUT2D eigenvalue weighted by Gasteiger charge is 2.03. The molecule has 3 nitrogen and oxygen atoms in total. The van der Waals surface area contributed by atoms with Gasteiger partial charge in [0.15, 0.2) is 0 Å². The van der Waals surface area contributed by atoms with E-state index in [0.29, 0.717) is 5.57 Å². The quantitative estimate of drug-likeness (QED) is 0.455. The third-order valence-corrected chi connectivity index (χ3v) is 3.17. The van der Waals surface area contributed by atoms with Gasteiger partial charge in [0.05, 0.1) is 0 Å². The third kappa shape index (κ3) is 9.23. The van der Waals surface area contributed by atoms with Crippen molar-refractivity contribution in [3.8, 4) is 0 Å². The first-order chi connectivity index (χ1) is 8.61. The van der Waals surface area contributed by atoms with Gasteiger partial charge in [0.25, 0.3) is 0 Å². The highest BCUT2D eigenvalue weighted by atomic mass is 16.1. The van der Waals surface area contributed by atoms with Crippen LogP contribution in [0.4, 0.5) is 0 Å². The van der Waals surface area contributed by atoms with E-state index >= 15 is 0 Å². The number of nitrogens with zero attached hydrogens (tertiary/aromatic N) is 1. The fourth-order valence-corrected chi connectivity index (χ4v) is 1.83. The number of carbonyl (C=O) groups excluding carboxylic acids is 1. The molecule has 0 rings (SSSR count). The Morgan fingerprint density at radius 1 is 1.06 bits per heavy atom. The molecule has 0 atom stereocenters. The van der Waals surface area contributed by atoms with Crippen molar-refractivity contribution in [2.45, 2.75) is 59.3 Å². The lowest BCUT2D eigenvalue weighted by Crippen LogP contribution is -2.27. The number of primary amides is 1. The maximum Gasteiger partial charge on any atom is 0.244 e. The fraction of sp³-hybridized carbons (Fsp3) is 0.800. The van der Waals surface area contributed by atoms with Gasteiger partial charge in [-0.1, -0.05) is 32.8 Å². The van der Waals surface area contributed by atoms with Crippen LogP contribution in [0.1, 0.15) is 59.3 Å². The van der Waals surface area contributed by atoms with Crippen molar-refractivity contribution >= 4 is 5.91 Å². The predicted octanol–water partition coefficient (Wildman–Crippen LogP) is 3.10. The van der Waals surface area contributed by atoms with Gasteiger partial charge in [0, 0.05) is 5.57 Å². The van der Waals surface area contributed by atoms with E-state index < -0.39 is 0 Å². The molecule has 0 aromatic rings. The van der Waals surface area contributed by atoms with Crippen LogP contribution < -0.4 is 5.73 Å².